The largest absolute Gasteiger partial charge is 0.416 e. The Bertz CT molecular complexity index is 1080. The lowest BCUT2D eigenvalue weighted by Gasteiger charge is -2.30. The molecule has 0 unspecified atom stereocenters. The summed E-state index contributed by atoms with van der Waals surface area (Å²) in [6.07, 6.45) is -4.32. The van der Waals surface area contributed by atoms with Gasteiger partial charge in [-0.05, 0) is 47.9 Å². The summed E-state index contributed by atoms with van der Waals surface area (Å²) >= 11 is 0. The molecule has 1 aliphatic heterocycles. The molecule has 1 aliphatic rings. The van der Waals surface area contributed by atoms with Gasteiger partial charge in [0.2, 0.25) is 0 Å². The molecule has 2 aromatic carbocycles. The number of carbonyl (C=O) groups is 1. The number of benzene rings is 2. The number of nitrogens with one attached hydrogen (secondary N) is 1. The third-order valence-electron chi connectivity index (χ3n) is 4.91. The number of halogens is 4. The van der Waals surface area contributed by atoms with Gasteiger partial charge in [-0.25, -0.2) is 9.18 Å². The number of fused-ring (bicyclic) bond motifs is 1. The van der Waals surface area contributed by atoms with Crippen LogP contribution < -0.4 is 5.32 Å². The molecule has 1 aromatic heterocycles. The molecule has 0 spiro atoms. The first kappa shape index (κ1) is 19.8. The topological polar surface area (TPSA) is 58.1 Å². The molecule has 0 fully saturated rings. The maximum Gasteiger partial charge on any atom is 0.416 e. The number of rotatable bonds is 2. The van der Waals surface area contributed by atoms with E-state index in [0.717, 1.165) is 6.07 Å². The molecular formula is C21H16F4N4O. The Labute approximate surface area is 169 Å². The van der Waals surface area contributed by atoms with Crippen LogP contribution in [0.3, 0.4) is 0 Å². The van der Waals surface area contributed by atoms with Crippen LogP contribution >= 0.6 is 0 Å². The van der Waals surface area contributed by atoms with Crippen molar-refractivity contribution in [2.24, 2.45) is 0 Å². The van der Waals surface area contributed by atoms with E-state index in [0.29, 0.717) is 11.3 Å². The van der Waals surface area contributed by atoms with Gasteiger partial charge in [-0.1, -0.05) is 24.3 Å². The monoisotopic (exact) mass is 416 g/mol. The number of amides is 2. The number of hydrogen-bond donors (Lipinski definition) is 1. The quantitative estimate of drug-likeness (QED) is 0.605. The molecule has 9 heteroatoms. The number of carbonyl (C=O) groups excluding carboxylic acids is 1. The first-order valence-electron chi connectivity index (χ1n) is 9.15. The molecule has 3 aromatic rings. The molecule has 5 nitrogen and oxygen atoms in total. The number of aromatic nitrogens is 2. The maximum atomic E-state index is 13.8. The van der Waals surface area contributed by atoms with Crippen molar-refractivity contribution >= 4 is 11.8 Å². The Kier molecular flexibility index (Phi) is 5.11. The smallest absolute Gasteiger partial charge is 0.320 e. The van der Waals surface area contributed by atoms with Crippen LogP contribution in [0.15, 0.2) is 54.6 Å². The Morgan fingerprint density at radius 1 is 1.00 bits per heavy atom. The minimum Gasteiger partial charge on any atom is -0.320 e. The van der Waals surface area contributed by atoms with Gasteiger partial charge >= 0.3 is 12.2 Å². The van der Waals surface area contributed by atoms with Crippen molar-refractivity contribution in [3.63, 3.8) is 0 Å². The summed E-state index contributed by atoms with van der Waals surface area (Å²) < 4.78 is 53.3. The van der Waals surface area contributed by atoms with E-state index in [4.69, 9.17) is 0 Å². The second-order valence-electron chi connectivity index (χ2n) is 6.83. The molecule has 0 bridgehead atoms. The molecule has 0 atom stereocenters. The van der Waals surface area contributed by atoms with Gasteiger partial charge in [0.05, 0.1) is 11.3 Å². The van der Waals surface area contributed by atoms with Crippen LogP contribution in [0.1, 0.15) is 16.7 Å². The first-order chi connectivity index (χ1) is 14.3. The van der Waals surface area contributed by atoms with Gasteiger partial charge in [-0.2, -0.15) is 13.2 Å². The fourth-order valence-electron chi connectivity index (χ4n) is 3.45. The van der Waals surface area contributed by atoms with Gasteiger partial charge in [0.1, 0.15) is 5.82 Å². The van der Waals surface area contributed by atoms with Crippen molar-refractivity contribution in [1.29, 1.82) is 0 Å². The first-order valence-corrected chi connectivity index (χ1v) is 9.15. The average molecular weight is 416 g/mol. The minimum atomic E-state index is -4.43. The molecule has 0 aliphatic carbocycles. The highest BCUT2D eigenvalue weighted by atomic mass is 19.4. The Hall–Kier alpha value is -3.49. The van der Waals surface area contributed by atoms with E-state index in [1.165, 1.54) is 29.2 Å². The Morgan fingerprint density at radius 3 is 2.50 bits per heavy atom. The lowest BCUT2D eigenvalue weighted by Crippen LogP contribution is -2.39. The van der Waals surface area contributed by atoms with Crippen molar-refractivity contribution in [1.82, 2.24) is 15.1 Å². The van der Waals surface area contributed by atoms with E-state index in [9.17, 15) is 22.4 Å². The third kappa shape index (κ3) is 3.96. The predicted octanol–water partition coefficient (Wildman–Crippen LogP) is 4.89. The van der Waals surface area contributed by atoms with Crippen LogP contribution in [0, 0.1) is 5.82 Å². The van der Waals surface area contributed by atoms with E-state index in [-0.39, 0.29) is 36.5 Å². The molecule has 2 heterocycles. The second kappa shape index (κ2) is 7.74. The molecule has 2 amide bonds. The summed E-state index contributed by atoms with van der Waals surface area (Å²) in [6.45, 7) is 0.207. The Balaban J connectivity index is 1.46. The molecule has 0 radical (unpaired) electrons. The molecule has 4 rings (SSSR count). The number of nitrogens with zero attached hydrogens (tertiary/aromatic N) is 3. The third-order valence-corrected chi connectivity index (χ3v) is 4.91. The lowest BCUT2D eigenvalue weighted by molar-refractivity contribution is -0.138. The van der Waals surface area contributed by atoms with Crippen molar-refractivity contribution in [3.8, 4) is 11.3 Å². The second-order valence-corrected chi connectivity index (χ2v) is 6.83. The Morgan fingerprint density at radius 2 is 1.80 bits per heavy atom. The molecule has 1 N–H and O–H groups in total. The summed E-state index contributed by atoms with van der Waals surface area (Å²) in [5.41, 5.74) is 0.638. The number of alkyl halides is 3. The zero-order valence-corrected chi connectivity index (χ0v) is 15.6. The SMILES string of the molecule is O=C(Nc1ccc(-c2ccccc2F)nn1)N1CCc2c(cccc2C(F)(F)F)C1. The lowest BCUT2D eigenvalue weighted by atomic mass is 9.94. The molecule has 0 saturated carbocycles. The summed E-state index contributed by atoms with van der Waals surface area (Å²) in [7, 11) is 0. The van der Waals surface area contributed by atoms with Crippen LogP contribution in [-0.4, -0.2) is 27.7 Å². The van der Waals surface area contributed by atoms with Crippen molar-refractivity contribution < 1.29 is 22.4 Å². The van der Waals surface area contributed by atoms with Gasteiger partial charge in [-0.15, -0.1) is 10.2 Å². The standard InChI is InChI=1S/C21H16F4N4O/c22-17-7-2-1-5-15(17)18-8-9-19(28-27-18)26-20(30)29-11-10-14-13(12-29)4-3-6-16(14)21(23,24)25/h1-9H,10-12H2,(H,26,28,30). The fraction of sp³-hybridized carbons (Fsp3) is 0.190. The van der Waals surface area contributed by atoms with Gasteiger partial charge in [-0.3, -0.25) is 5.32 Å². The summed E-state index contributed by atoms with van der Waals surface area (Å²) in [4.78, 5) is 13.9. The van der Waals surface area contributed by atoms with Crippen LogP contribution in [0.2, 0.25) is 0 Å². The summed E-state index contributed by atoms with van der Waals surface area (Å²) in [5, 5.41) is 10.4. The summed E-state index contributed by atoms with van der Waals surface area (Å²) in [5.74, 6) is -0.274. The molecule has 0 saturated heterocycles. The normalized spacial score (nSPS) is 13.7. The maximum absolute atomic E-state index is 13.8. The van der Waals surface area contributed by atoms with E-state index in [2.05, 4.69) is 15.5 Å². The zero-order chi connectivity index (χ0) is 21.3. The van der Waals surface area contributed by atoms with E-state index in [1.54, 1.807) is 24.3 Å². The van der Waals surface area contributed by atoms with Crippen LogP contribution in [0.25, 0.3) is 11.3 Å². The predicted molar refractivity (Wildman–Crippen MR) is 102 cm³/mol. The zero-order valence-electron chi connectivity index (χ0n) is 15.6. The van der Waals surface area contributed by atoms with Crippen LogP contribution in [0.4, 0.5) is 28.2 Å². The van der Waals surface area contributed by atoms with E-state index in [1.807, 2.05) is 0 Å². The van der Waals surface area contributed by atoms with Crippen molar-refractivity contribution in [2.75, 3.05) is 11.9 Å². The van der Waals surface area contributed by atoms with Gasteiger partial charge in [0.15, 0.2) is 5.82 Å². The van der Waals surface area contributed by atoms with Gasteiger partial charge in [0, 0.05) is 18.7 Å². The van der Waals surface area contributed by atoms with Crippen molar-refractivity contribution in [2.45, 2.75) is 19.1 Å². The fourth-order valence-corrected chi connectivity index (χ4v) is 3.45. The number of urea groups is 1. The highest BCUT2D eigenvalue weighted by Gasteiger charge is 2.35. The van der Waals surface area contributed by atoms with Crippen LogP contribution in [0.5, 0.6) is 0 Å². The van der Waals surface area contributed by atoms with Crippen molar-refractivity contribution in [3.05, 3.63) is 77.1 Å². The van der Waals surface area contributed by atoms with Gasteiger partial charge in [0.25, 0.3) is 0 Å². The number of anilines is 1. The van der Waals surface area contributed by atoms with E-state index < -0.39 is 23.6 Å². The van der Waals surface area contributed by atoms with E-state index >= 15 is 0 Å². The minimum absolute atomic E-state index is 0.0613. The highest BCUT2D eigenvalue weighted by molar-refractivity contribution is 5.88. The molecule has 154 valence electrons. The molecular weight excluding hydrogens is 400 g/mol. The van der Waals surface area contributed by atoms with Crippen LogP contribution in [-0.2, 0) is 19.1 Å². The summed E-state index contributed by atoms with van der Waals surface area (Å²) in [6, 6.07) is 12.6. The average Bonchev–Trinajstić information content (AvgIpc) is 2.73. The van der Waals surface area contributed by atoms with Gasteiger partial charge < -0.3 is 4.90 Å². The molecule has 30 heavy (non-hydrogen) atoms. The number of hydrogen-bond acceptors (Lipinski definition) is 3. The highest BCUT2D eigenvalue weighted by Crippen LogP contribution is 2.35.